The topological polar surface area (TPSA) is 69.0 Å². The molecule has 0 bridgehead atoms. The van der Waals surface area contributed by atoms with E-state index >= 15 is 0 Å². The molecule has 2 atom stereocenters. The fraction of sp³-hybridized carbons (Fsp3) is 0.500. The lowest BCUT2D eigenvalue weighted by Gasteiger charge is -2.20. The maximum Gasteiger partial charge on any atom is 0.251 e. The zero-order chi connectivity index (χ0) is 16.7. The van der Waals surface area contributed by atoms with Gasteiger partial charge in [-0.3, -0.25) is 14.5 Å². The molecule has 0 aromatic carbocycles. The van der Waals surface area contributed by atoms with Crippen molar-refractivity contribution in [3.8, 4) is 0 Å². The molecule has 1 aliphatic heterocycles. The van der Waals surface area contributed by atoms with Gasteiger partial charge in [-0.05, 0) is 38.3 Å². The summed E-state index contributed by atoms with van der Waals surface area (Å²) in [7, 11) is 1.91. The second kappa shape index (κ2) is 6.02. The van der Waals surface area contributed by atoms with Crippen molar-refractivity contribution in [1.29, 1.82) is 0 Å². The molecule has 2 aliphatic rings. The molecule has 0 unspecified atom stereocenters. The van der Waals surface area contributed by atoms with Gasteiger partial charge in [0.2, 0.25) is 0 Å². The second-order valence-corrected chi connectivity index (χ2v) is 6.71. The molecule has 1 N–H and O–H groups in total. The van der Waals surface area contributed by atoms with Gasteiger partial charge < -0.3 is 10.1 Å². The molecule has 2 aromatic rings. The van der Waals surface area contributed by atoms with Crippen molar-refractivity contribution in [3.05, 3.63) is 47.0 Å². The molecule has 6 heteroatoms. The third-order valence-corrected chi connectivity index (χ3v) is 5.03. The molecular weight excluding hydrogens is 304 g/mol. The summed E-state index contributed by atoms with van der Waals surface area (Å²) in [6.07, 6.45) is 6.60. The maximum atomic E-state index is 12.6. The highest BCUT2D eigenvalue weighted by molar-refractivity contribution is 5.94. The average Bonchev–Trinajstić information content (AvgIpc) is 3.27. The van der Waals surface area contributed by atoms with Gasteiger partial charge in [0.05, 0.1) is 12.2 Å². The minimum atomic E-state index is -0.132. The van der Waals surface area contributed by atoms with E-state index in [0.717, 1.165) is 23.4 Å². The number of carbonyl (C=O) groups excluding carboxylic acids is 1. The third kappa shape index (κ3) is 2.82. The van der Waals surface area contributed by atoms with E-state index in [1.165, 1.54) is 12.8 Å². The predicted molar refractivity (Wildman–Crippen MR) is 88.7 cm³/mol. The molecule has 2 fully saturated rings. The summed E-state index contributed by atoms with van der Waals surface area (Å²) < 4.78 is 7.71. The minimum absolute atomic E-state index is 0.0297. The van der Waals surface area contributed by atoms with Crippen molar-refractivity contribution in [3.63, 3.8) is 0 Å². The van der Waals surface area contributed by atoms with E-state index in [9.17, 15) is 4.79 Å². The Bertz CT molecular complexity index is 766. The number of hydrogen-bond donors (Lipinski definition) is 1. The van der Waals surface area contributed by atoms with Crippen molar-refractivity contribution in [2.75, 3.05) is 6.61 Å². The summed E-state index contributed by atoms with van der Waals surface area (Å²) in [4.78, 5) is 17.0. The van der Waals surface area contributed by atoms with Crippen LogP contribution in [0.3, 0.4) is 0 Å². The van der Waals surface area contributed by atoms with E-state index in [4.69, 9.17) is 4.74 Å². The summed E-state index contributed by atoms with van der Waals surface area (Å²) in [5.41, 5.74) is 3.83. The van der Waals surface area contributed by atoms with E-state index in [1.807, 2.05) is 30.9 Å². The van der Waals surface area contributed by atoms with E-state index in [1.54, 1.807) is 12.3 Å². The van der Waals surface area contributed by atoms with Crippen LogP contribution in [0.2, 0.25) is 0 Å². The van der Waals surface area contributed by atoms with Gasteiger partial charge in [-0.2, -0.15) is 5.10 Å². The van der Waals surface area contributed by atoms with Gasteiger partial charge in [0.25, 0.3) is 5.91 Å². The SMILES string of the molecule is Cc1c([C@H]2OCC[C@@H]2NC(=O)c2ccnc(C3CC3)c2)cnn1C. The maximum absolute atomic E-state index is 12.6. The number of nitrogens with zero attached hydrogens (tertiary/aromatic N) is 3. The number of nitrogens with one attached hydrogen (secondary N) is 1. The van der Waals surface area contributed by atoms with Crippen LogP contribution in [-0.2, 0) is 11.8 Å². The average molecular weight is 326 g/mol. The van der Waals surface area contributed by atoms with Crippen LogP contribution in [0.25, 0.3) is 0 Å². The Morgan fingerprint density at radius 1 is 1.38 bits per heavy atom. The first-order valence-electron chi connectivity index (χ1n) is 8.50. The van der Waals surface area contributed by atoms with Gasteiger partial charge in [0, 0.05) is 48.3 Å². The Balaban J connectivity index is 1.50. The number of hydrogen-bond acceptors (Lipinski definition) is 4. The lowest BCUT2D eigenvalue weighted by atomic mass is 10.0. The van der Waals surface area contributed by atoms with Gasteiger partial charge in [-0.25, -0.2) is 0 Å². The summed E-state index contributed by atoms with van der Waals surface area (Å²) >= 11 is 0. The first kappa shape index (κ1) is 15.3. The quantitative estimate of drug-likeness (QED) is 0.936. The number of aryl methyl sites for hydroxylation is 1. The Kier molecular flexibility index (Phi) is 3.84. The van der Waals surface area contributed by atoms with Gasteiger partial charge in [0.15, 0.2) is 0 Å². The Morgan fingerprint density at radius 3 is 2.92 bits per heavy atom. The van der Waals surface area contributed by atoms with Crippen LogP contribution in [-0.4, -0.2) is 33.3 Å². The first-order chi connectivity index (χ1) is 11.6. The predicted octanol–water partition coefficient (Wildman–Crippen LogP) is 2.26. The van der Waals surface area contributed by atoms with Gasteiger partial charge in [0.1, 0.15) is 6.10 Å². The van der Waals surface area contributed by atoms with Crippen LogP contribution in [0.1, 0.15) is 58.6 Å². The number of rotatable bonds is 4. The summed E-state index contributed by atoms with van der Waals surface area (Å²) in [6.45, 7) is 2.67. The zero-order valence-corrected chi connectivity index (χ0v) is 14.0. The zero-order valence-electron chi connectivity index (χ0n) is 14.0. The molecule has 126 valence electrons. The van der Waals surface area contributed by atoms with E-state index < -0.39 is 0 Å². The molecule has 0 radical (unpaired) electrons. The van der Waals surface area contributed by atoms with Crippen molar-refractivity contribution in [2.45, 2.75) is 44.2 Å². The van der Waals surface area contributed by atoms with Crippen LogP contribution >= 0.6 is 0 Å². The number of aromatic nitrogens is 3. The summed E-state index contributed by atoms with van der Waals surface area (Å²) in [5, 5.41) is 7.42. The normalized spacial score (nSPS) is 23.4. The van der Waals surface area contributed by atoms with Crippen LogP contribution < -0.4 is 5.32 Å². The fourth-order valence-electron chi connectivity index (χ4n) is 3.28. The first-order valence-corrected chi connectivity index (χ1v) is 8.50. The number of amides is 1. The lowest BCUT2D eigenvalue weighted by molar-refractivity contribution is 0.0819. The second-order valence-electron chi connectivity index (χ2n) is 6.71. The summed E-state index contributed by atoms with van der Waals surface area (Å²) in [6, 6.07) is 3.67. The van der Waals surface area contributed by atoms with E-state index in [-0.39, 0.29) is 18.1 Å². The van der Waals surface area contributed by atoms with Crippen LogP contribution in [0.15, 0.2) is 24.5 Å². The fourth-order valence-corrected chi connectivity index (χ4v) is 3.28. The minimum Gasteiger partial charge on any atom is -0.371 e. The Hall–Kier alpha value is -2.21. The highest BCUT2D eigenvalue weighted by Crippen LogP contribution is 2.39. The van der Waals surface area contributed by atoms with Gasteiger partial charge >= 0.3 is 0 Å². The molecule has 2 aromatic heterocycles. The number of pyridine rings is 1. The van der Waals surface area contributed by atoms with Crippen molar-refractivity contribution >= 4 is 5.91 Å². The van der Waals surface area contributed by atoms with Crippen molar-refractivity contribution < 1.29 is 9.53 Å². The van der Waals surface area contributed by atoms with Crippen molar-refractivity contribution in [1.82, 2.24) is 20.1 Å². The van der Waals surface area contributed by atoms with E-state index in [0.29, 0.717) is 18.1 Å². The molecule has 4 rings (SSSR count). The molecule has 1 amide bonds. The van der Waals surface area contributed by atoms with Crippen molar-refractivity contribution in [2.24, 2.45) is 7.05 Å². The third-order valence-electron chi connectivity index (χ3n) is 5.03. The smallest absolute Gasteiger partial charge is 0.251 e. The Morgan fingerprint density at radius 2 is 2.21 bits per heavy atom. The summed E-state index contributed by atoms with van der Waals surface area (Å²) in [5.74, 6) is 0.486. The van der Waals surface area contributed by atoms with Crippen LogP contribution in [0.4, 0.5) is 0 Å². The standard InChI is InChI=1S/C18H22N4O2/c1-11-14(10-20-22(11)2)17-15(6-8-24-17)21-18(23)13-5-7-19-16(9-13)12-3-4-12/h5,7,9-10,12,15,17H,3-4,6,8H2,1-2H3,(H,21,23)/t15-,17+/m0/s1. The number of carbonyl (C=O) groups is 1. The highest BCUT2D eigenvalue weighted by Gasteiger charge is 2.33. The molecule has 3 heterocycles. The molecule has 6 nitrogen and oxygen atoms in total. The largest absolute Gasteiger partial charge is 0.371 e. The number of ether oxygens (including phenoxy) is 1. The van der Waals surface area contributed by atoms with Gasteiger partial charge in [-0.15, -0.1) is 0 Å². The van der Waals surface area contributed by atoms with Crippen LogP contribution in [0.5, 0.6) is 0 Å². The molecule has 24 heavy (non-hydrogen) atoms. The molecule has 1 aliphatic carbocycles. The lowest BCUT2D eigenvalue weighted by Crippen LogP contribution is -2.37. The molecular formula is C18H22N4O2. The molecule has 0 spiro atoms. The molecule has 1 saturated heterocycles. The highest BCUT2D eigenvalue weighted by atomic mass is 16.5. The monoisotopic (exact) mass is 326 g/mol. The Labute approximate surface area is 141 Å². The van der Waals surface area contributed by atoms with E-state index in [2.05, 4.69) is 15.4 Å². The molecule has 1 saturated carbocycles. The van der Waals surface area contributed by atoms with Crippen LogP contribution in [0, 0.1) is 6.92 Å². The van der Waals surface area contributed by atoms with Gasteiger partial charge in [-0.1, -0.05) is 0 Å².